The summed E-state index contributed by atoms with van der Waals surface area (Å²) in [6.45, 7) is 10.7. The van der Waals surface area contributed by atoms with Gasteiger partial charge in [0.1, 0.15) is 6.10 Å². The maximum Gasteiger partial charge on any atom is 0.270 e. The van der Waals surface area contributed by atoms with Gasteiger partial charge in [0, 0.05) is 32.8 Å². The third-order valence-electron chi connectivity index (χ3n) is 4.41. The molecule has 0 bridgehead atoms. The molecule has 0 unspecified atom stereocenters. The Morgan fingerprint density at radius 3 is 3.00 bits per heavy atom. The van der Waals surface area contributed by atoms with E-state index in [4.69, 9.17) is 11.3 Å². The second kappa shape index (κ2) is 6.59. The topological polar surface area (TPSA) is 72.0 Å². The van der Waals surface area contributed by atoms with Crippen LogP contribution in [0.2, 0.25) is 0 Å². The van der Waals surface area contributed by atoms with Gasteiger partial charge >= 0.3 is 0 Å². The minimum absolute atomic E-state index is 0.131. The molecule has 2 atom stereocenters. The van der Waals surface area contributed by atoms with Crippen molar-refractivity contribution in [2.45, 2.75) is 25.6 Å². The quantitative estimate of drug-likeness (QED) is 0.864. The van der Waals surface area contributed by atoms with E-state index in [2.05, 4.69) is 9.83 Å². The molecule has 24 heavy (non-hydrogen) atoms. The zero-order chi connectivity index (χ0) is 17.3. The van der Waals surface area contributed by atoms with E-state index in [1.807, 2.05) is 11.8 Å². The van der Waals surface area contributed by atoms with Crippen molar-refractivity contribution >= 4 is 22.5 Å². The van der Waals surface area contributed by atoms with E-state index in [1.54, 1.807) is 25.2 Å². The molecule has 2 aromatic heterocycles. The molecule has 126 valence electrons. The number of ether oxygens (including phenoxy) is 1. The highest BCUT2D eigenvalue weighted by Gasteiger charge is 2.30. The van der Waals surface area contributed by atoms with Gasteiger partial charge in [0.2, 0.25) is 5.52 Å². The number of pyridine rings is 2. The van der Waals surface area contributed by atoms with Crippen LogP contribution in [-0.4, -0.2) is 46.6 Å². The van der Waals surface area contributed by atoms with Gasteiger partial charge in [0.15, 0.2) is 0 Å². The molecule has 0 saturated carbocycles. The predicted molar refractivity (Wildman–Crippen MR) is 91.5 cm³/mol. The standard InChI is InChI=1S/C17H20N4O3/c1-4-24-14-10-21(8-7-13(14)22)12-9-16(23)20(3)11-5-6-15(18-2)19-17(11)12/h5-6,9,13-14,22H,4,7-8,10H2,1,3H3/t13-,14+/m1/s1. The lowest BCUT2D eigenvalue weighted by Crippen LogP contribution is -2.48. The van der Waals surface area contributed by atoms with E-state index in [9.17, 15) is 9.90 Å². The third kappa shape index (κ3) is 2.86. The Kier molecular flexibility index (Phi) is 4.51. The average molecular weight is 328 g/mol. The molecule has 0 amide bonds. The van der Waals surface area contributed by atoms with Crippen LogP contribution in [0.1, 0.15) is 13.3 Å². The summed E-state index contributed by atoms with van der Waals surface area (Å²) in [5.41, 5.74) is 1.87. The van der Waals surface area contributed by atoms with Gasteiger partial charge < -0.3 is 24.2 Å². The van der Waals surface area contributed by atoms with Gasteiger partial charge in [-0.3, -0.25) is 4.79 Å². The minimum atomic E-state index is -0.509. The third-order valence-corrected chi connectivity index (χ3v) is 4.41. The maximum atomic E-state index is 12.3. The van der Waals surface area contributed by atoms with Gasteiger partial charge in [0.05, 0.1) is 17.3 Å². The number of piperidine rings is 1. The fraction of sp³-hybridized carbons (Fsp3) is 0.471. The SMILES string of the molecule is [C-]#[N+]c1ccc2c(n1)c(N1CC[C@@H](O)[C@@H](OCC)C1)cc(=O)n2C. The van der Waals surface area contributed by atoms with E-state index < -0.39 is 6.10 Å². The van der Waals surface area contributed by atoms with Gasteiger partial charge in [-0.2, -0.15) is 0 Å². The fourth-order valence-electron chi connectivity index (χ4n) is 3.11. The Labute approximate surface area is 139 Å². The number of fused-ring (bicyclic) bond motifs is 1. The Balaban J connectivity index is 2.10. The zero-order valence-corrected chi connectivity index (χ0v) is 13.8. The summed E-state index contributed by atoms with van der Waals surface area (Å²) in [5, 5.41) is 10.1. The van der Waals surface area contributed by atoms with Crippen molar-refractivity contribution in [2.75, 3.05) is 24.6 Å². The lowest BCUT2D eigenvalue weighted by atomic mass is 10.0. The summed E-state index contributed by atoms with van der Waals surface area (Å²) in [6, 6.07) is 4.91. The lowest BCUT2D eigenvalue weighted by Gasteiger charge is -2.37. The van der Waals surface area contributed by atoms with Crippen molar-refractivity contribution in [1.29, 1.82) is 0 Å². The summed E-state index contributed by atoms with van der Waals surface area (Å²) in [5.74, 6) is 0.292. The first-order chi connectivity index (χ1) is 11.5. The van der Waals surface area contributed by atoms with Crippen LogP contribution in [0.3, 0.4) is 0 Å². The number of anilines is 1. The normalized spacial score (nSPS) is 21.0. The fourth-order valence-corrected chi connectivity index (χ4v) is 3.11. The summed E-state index contributed by atoms with van der Waals surface area (Å²) >= 11 is 0. The predicted octanol–water partition coefficient (Wildman–Crippen LogP) is 1.46. The first kappa shape index (κ1) is 16.4. The van der Waals surface area contributed by atoms with Crippen LogP contribution in [0.25, 0.3) is 15.9 Å². The molecule has 7 nitrogen and oxygen atoms in total. The van der Waals surface area contributed by atoms with Gasteiger partial charge in [0.25, 0.3) is 11.4 Å². The first-order valence-electron chi connectivity index (χ1n) is 7.98. The van der Waals surface area contributed by atoms with Crippen LogP contribution in [0, 0.1) is 6.57 Å². The molecule has 1 saturated heterocycles. The van der Waals surface area contributed by atoms with Crippen molar-refractivity contribution in [3.63, 3.8) is 0 Å². The van der Waals surface area contributed by atoms with Crippen molar-refractivity contribution < 1.29 is 9.84 Å². The van der Waals surface area contributed by atoms with Gasteiger partial charge in [-0.1, -0.05) is 6.57 Å². The molecular weight excluding hydrogens is 308 g/mol. The molecule has 0 radical (unpaired) electrons. The lowest BCUT2D eigenvalue weighted by molar-refractivity contribution is -0.0398. The molecule has 3 heterocycles. The summed E-state index contributed by atoms with van der Waals surface area (Å²) < 4.78 is 7.14. The van der Waals surface area contributed by atoms with Crippen LogP contribution in [0.15, 0.2) is 23.0 Å². The first-order valence-corrected chi connectivity index (χ1v) is 7.98. The van der Waals surface area contributed by atoms with Crippen LogP contribution in [0.5, 0.6) is 0 Å². The molecule has 7 heteroatoms. The minimum Gasteiger partial charge on any atom is -0.390 e. The molecule has 0 spiro atoms. The number of nitrogens with zero attached hydrogens (tertiary/aromatic N) is 4. The molecule has 0 aromatic carbocycles. The van der Waals surface area contributed by atoms with Crippen LogP contribution < -0.4 is 10.5 Å². The average Bonchev–Trinajstić information content (AvgIpc) is 2.60. The molecule has 2 aromatic rings. The van der Waals surface area contributed by atoms with Crippen molar-refractivity contribution in [2.24, 2.45) is 7.05 Å². The molecule has 1 N–H and O–H groups in total. The van der Waals surface area contributed by atoms with E-state index in [-0.39, 0.29) is 11.7 Å². The number of aliphatic hydroxyl groups is 1. The highest BCUT2D eigenvalue weighted by Crippen LogP contribution is 2.28. The Morgan fingerprint density at radius 1 is 1.50 bits per heavy atom. The second-order valence-electron chi connectivity index (χ2n) is 5.87. The number of rotatable bonds is 3. The highest BCUT2D eigenvalue weighted by atomic mass is 16.5. The number of hydrogen-bond donors (Lipinski definition) is 1. The van der Waals surface area contributed by atoms with E-state index >= 15 is 0 Å². The highest BCUT2D eigenvalue weighted by molar-refractivity contribution is 5.89. The monoisotopic (exact) mass is 328 g/mol. The largest absolute Gasteiger partial charge is 0.390 e. The van der Waals surface area contributed by atoms with Crippen LogP contribution in [-0.2, 0) is 11.8 Å². The van der Waals surface area contributed by atoms with E-state index in [1.165, 1.54) is 4.57 Å². The number of aryl methyl sites for hydroxylation is 1. The zero-order valence-electron chi connectivity index (χ0n) is 13.8. The van der Waals surface area contributed by atoms with E-state index in [0.29, 0.717) is 48.7 Å². The second-order valence-corrected chi connectivity index (χ2v) is 5.87. The number of hydrogen-bond acceptors (Lipinski definition) is 5. The smallest absolute Gasteiger partial charge is 0.270 e. The summed E-state index contributed by atoms with van der Waals surface area (Å²) in [6.07, 6.45) is -0.248. The molecule has 1 aliphatic rings. The Hall–Kier alpha value is -2.43. The van der Waals surface area contributed by atoms with Gasteiger partial charge in [-0.15, -0.1) is 4.98 Å². The van der Waals surface area contributed by atoms with Crippen molar-refractivity contribution in [3.05, 3.63) is 40.0 Å². The Morgan fingerprint density at radius 2 is 2.29 bits per heavy atom. The molecular formula is C17H20N4O3. The van der Waals surface area contributed by atoms with Gasteiger partial charge in [-0.05, 0) is 25.5 Å². The molecule has 1 fully saturated rings. The number of aliphatic hydroxyl groups excluding tert-OH is 1. The van der Waals surface area contributed by atoms with Crippen LogP contribution in [0.4, 0.5) is 11.5 Å². The summed E-state index contributed by atoms with van der Waals surface area (Å²) in [7, 11) is 1.69. The molecule has 3 rings (SSSR count). The maximum absolute atomic E-state index is 12.3. The van der Waals surface area contributed by atoms with E-state index in [0.717, 1.165) is 0 Å². The Bertz CT molecular complexity index is 855. The number of aromatic nitrogens is 2. The van der Waals surface area contributed by atoms with Gasteiger partial charge in [-0.25, -0.2) is 0 Å². The van der Waals surface area contributed by atoms with Crippen molar-refractivity contribution in [1.82, 2.24) is 9.55 Å². The van der Waals surface area contributed by atoms with Crippen LogP contribution >= 0.6 is 0 Å². The molecule has 0 aliphatic carbocycles. The van der Waals surface area contributed by atoms with Crippen molar-refractivity contribution in [3.8, 4) is 0 Å². The molecule has 1 aliphatic heterocycles. The summed E-state index contributed by atoms with van der Waals surface area (Å²) in [4.78, 5) is 22.1.